The SMILES string of the molecule is CN1CCN(Cc2ccc(-c3ccccc3)nc2Cl)CC1. The van der Waals surface area contributed by atoms with Crippen molar-refractivity contribution in [1.29, 1.82) is 0 Å². The van der Waals surface area contributed by atoms with Crippen LogP contribution in [0.25, 0.3) is 11.3 Å². The highest BCUT2D eigenvalue weighted by Gasteiger charge is 2.15. The van der Waals surface area contributed by atoms with E-state index in [1.54, 1.807) is 0 Å². The highest BCUT2D eigenvalue weighted by Crippen LogP contribution is 2.22. The first kappa shape index (κ1) is 14.5. The first-order chi connectivity index (χ1) is 10.2. The van der Waals surface area contributed by atoms with Crippen LogP contribution in [0.5, 0.6) is 0 Å². The van der Waals surface area contributed by atoms with Gasteiger partial charge in [-0.3, -0.25) is 4.90 Å². The number of nitrogens with zero attached hydrogens (tertiary/aromatic N) is 3. The Balaban J connectivity index is 1.73. The number of hydrogen-bond acceptors (Lipinski definition) is 3. The lowest BCUT2D eigenvalue weighted by Crippen LogP contribution is -2.43. The van der Waals surface area contributed by atoms with Crippen molar-refractivity contribution in [3.05, 3.63) is 53.2 Å². The minimum Gasteiger partial charge on any atom is -0.304 e. The Hall–Kier alpha value is -1.42. The van der Waals surface area contributed by atoms with Crippen molar-refractivity contribution >= 4 is 11.6 Å². The molecule has 21 heavy (non-hydrogen) atoms. The van der Waals surface area contributed by atoms with Gasteiger partial charge in [0.25, 0.3) is 0 Å². The molecular weight excluding hydrogens is 282 g/mol. The molecule has 3 rings (SSSR count). The molecule has 0 spiro atoms. The van der Waals surface area contributed by atoms with E-state index in [0.717, 1.165) is 49.5 Å². The van der Waals surface area contributed by atoms with Crippen molar-refractivity contribution < 1.29 is 0 Å². The van der Waals surface area contributed by atoms with E-state index in [4.69, 9.17) is 11.6 Å². The molecule has 0 unspecified atom stereocenters. The summed E-state index contributed by atoms with van der Waals surface area (Å²) < 4.78 is 0. The van der Waals surface area contributed by atoms with Gasteiger partial charge in [0, 0.05) is 43.9 Å². The standard InChI is InChI=1S/C17H20ClN3/c1-20-9-11-21(12-10-20)13-15-7-8-16(19-17(15)18)14-5-3-2-4-6-14/h2-8H,9-13H2,1H3. The quantitative estimate of drug-likeness (QED) is 0.812. The molecule has 1 aromatic heterocycles. The van der Waals surface area contributed by atoms with E-state index in [-0.39, 0.29) is 0 Å². The fraction of sp³-hybridized carbons (Fsp3) is 0.353. The summed E-state index contributed by atoms with van der Waals surface area (Å²) >= 11 is 6.38. The minimum atomic E-state index is 0.621. The van der Waals surface area contributed by atoms with Gasteiger partial charge in [-0.05, 0) is 13.1 Å². The molecule has 1 fully saturated rings. The Morgan fingerprint density at radius 2 is 1.71 bits per heavy atom. The second-order valence-electron chi connectivity index (χ2n) is 5.59. The zero-order valence-corrected chi connectivity index (χ0v) is 13.1. The molecule has 4 heteroatoms. The summed E-state index contributed by atoms with van der Waals surface area (Å²) in [5.74, 6) is 0. The number of aromatic nitrogens is 1. The highest BCUT2D eigenvalue weighted by molar-refractivity contribution is 6.30. The summed E-state index contributed by atoms with van der Waals surface area (Å²) in [5, 5.41) is 0.621. The predicted octanol–water partition coefficient (Wildman–Crippen LogP) is 3.15. The third-order valence-corrected chi connectivity index (χ3v) is 4.31. The van der Waals surface area contributed by atoms with E-state index in [1.807, 2.05) is 18.2 Å². The normalized spacial score (nSPS) is 17.0. The van der Waals surface area contributed by atoms with Crippen LogP contribution >= 0.6 is 11.6 Å². The number of rotatable bonds is 3. The number of halogens is 1. The molecule has 1 aliphatic rings. The first-order valence-electron chi connectivity index (χ1n) is 7.34. The van der Waals surface area contributed by atoms with Crippen molar-refractivity contribution in [1.82, 2.24) is 14.8 Å². The van der Waals surface area contributed by atoms with Gasteiger partial charge in [-0.15, -0.1) is 0 Å². The number of piperazine rings is 1. The molecule has 3 nitrogen and oxygen atoms in total. The van der Waals surface area contributed by atoms with Crippen molar-refractivity contribution in [2.24, 2.45) is 0 Å². The lowest BCUT2D eigenvalue weighted by atomic mass is 10.1. The highest BCUT2D eigenvalue weighted by atomic mass is 35.5. The smallest absolute Gasteiger partial charge is 0.134 e. The van der Waals surface area contributed by atoms with E-state index in [9.17, 15) is 0 Å². The molecule has 0 bridgehead atoms. The molecule has 110 valence electrons. The average Bonchev–Trinajstić information content (AvgIpc) is 2.52. The molecule has 0 N–H and O–H groups in total. The number of pyridine rings is 1. The summed E-state index contributed by atoms with van der Waals surface area (Å²) in [7, 11) is 2.17. The van der Waals surface area contributed by atoms with Gasteiger partial charge in [0.1, 0.15) is 5.15 Å². The molecule has 0 radical (unpaired) electrons. The predicted molar refractivity (Wildman–Crippen MR) is 87.5 cm³/mol. The van der Waals surface area contributed by atoms with Crippen LogP contribution in [0.3, 0.4) is 0 Å². The fourth-order valence-electron chi connectivity index (χ4n) is 2.60. The van der Waals surface area contributed by atoms with E-state index >= 15 is 0 Å². The van der Waals surface area contributed by atoms with Crippen LogP contribution in [0.4, 0.5) is 0 Å². The van der Waals surface area contributed by atoms with Gasteiger partial charge in [-0.2, -0.15) is 0 Å². The van der Waals surface area contributed by atoms with Crippen LogP contribution < -0.4 is 0 Å². The molecule has 1 saturated heterocycles. The molecule has 0 saturated carbocycles. The summed E-state index contributed by atoms with van der Waals surface area (Å²) in [6, 6.07) is 14.3. The topological polar surface area (TPSA) is 19.4 Å². The zero-order chi connectivity index (χ0) is 14.7. The third-order valence-electron chi connectivity index (χ3n) is 3.99. The summed E-state index contributed by atoms with van der Waals surface area (Å²) in [5.41, 5.74) is 3.15. The second-order valence-corrected chi connectivity index (χ2v) is 5.95. The molecule has 0 aliphatic carbocycles. The Kier molecular flexibility index (Phi) is 4.54. The number of likely N-dealkylation sites (N-methyl/N-ethyl adjacent to an activating group) is 1. The molecule has 1 aromatic carbocycles. The molecule has 0 atom stereocenters. The largest absolute Gasteiger partial charge is 0.304 e. The van der Waals surface area contributed by atoms with Crippen LogP contribution in [-0.2, 0) is 6.54 Å². The van der Waals surface area contributed by atoms with Crippen LogP contribution in [0.2, 0.25) is 5.15 Å². The van der Waals surface area contributed by atoms with Gasteiger partial charge < -0.3 is 4.90 Å². The summed E-state index contributed by atoms with van der Waals surface area (Å²) in [4.78, 5) is 9.34. The maximum absolute atomic E-state index is 6.38. The molecule has 1 aliphatic heterocycles. The van der Waals surface area contributed by atoms with Crippen molar-refractivity contribution in [2.75, 3.05) is 33.2 Å². The number of benzene rings is 1. The Morgan fingerprint density at radius 3 is 2.38 bits per heavy atom. The maximum Gasteiger partial charge on any atom is 0.134 e. The summed E-state index contributed by atoms with van der Waals surface area (Å²) in [6.07, 6.45) is 0. The number of hydrogen-bond donors (Lipinski definition) is 0. The van der Waals surface area contributed by atoms with Gasteiger partial charge in [0.15, 0.2) is 0 Å². The Morgan fingerprint density at radius 1 is 1.00 bits per heavy atom. The van der Waals surface area contributed by atoms with E-state index in [1.165, 1.54) is 0 Å². The minimum absolute atomic E-state index is 0.621. The van der Waals surface area contributed by atoms with Gasteiger partial charge >= 0.3 is 0 Å². The van der Waals surface area contributed by atoms with E-state index < -0.39 is 0 Å². The van der Waals surface area contributed by atoms with E-state index in [0.29, 0.717) is 5.15 Å². The lowest BCUT2D eigenvalue weighted by molar-refractivity contribution is 0.148. The molecule has 0 amide bonds. The van der Waals surface area contributed by atoms with Crippen LogP contribution in [0.15, 0.2) is 42.5 Å². The fourth-order valence-corrected chi connectivity index (χ4v) is 2.81. The summed E-state index contributed by atoms with van der Waals surface area (Å²) in [6.45, 7) is 5.30. The maximum atomic E-state index is 6.38. The Bertz CT molecular complexity index is 592. The molecule has 2 heterocycles. The monoisotopic (exact) mass is 301 g/mol. The average molecular weight is 302 g/mol. The van der Waals surface area contributed by atoms with Gasteiger partial charge in [-0.1, -0.05) is 48.0 Å². The van der Waals surface area contributed by atoms with Gasteiger partial charge in [0.2, 0.25) is 0 Å². The van der Waals surface area contributed by atoms with Crippen LogP contribution in [0.1, 0.15) is 5.56 Å². The molecular formula is C17H20ClN3. The van der Waals surface area contributed by atoms with E-state index in [2.05, 4.69) is 46.1 Å². The second kappa shape index (κ2) is 6.56. The Labute approximate surface area is 131 Å². The van der Waals surface area contributed by atoms with Crippen molar-refractivity contribution in [3.63, 3.8) is 0 Å². The zero-order valence-electron chi connectivity index (χ0n) is 12.3. The van der Waals surface area contributed by atoms with Crippen molar-refractivity contribution in [3.8, 4) is 11.3 Å². The van der Waals surface area contributed by atoms with Crippen molar-refractivity contribution in [2.45, 2.75) is 6.54 Å². The van der Waals surface area contributed by atoms with Gasteiger partial charge in [-0.25, -0.2) is 4.98 Å². The van der Waals surface area contributed by atoms with Crippen LogP contribution in [-0.4, -0.2) is 48.0 Å². The lowest BCUT2D eigenvalue weighted by Gasteiger charge is -2.32. The third kappa shape index (κ3) is 3.62. The van der Waals surface area contributed by atoms with Crippen LogP contribution in [0, 0.1) is 0 Å². The first-order valence-corrected chi connectivity index (χ1v) is 7.72. The van der Waals surface area contributed by atoms with Gasteiger partial charge in [0.05, 0.1) is 5.69 Å². The molecule has 2 aromatic rings.